The molecule has 0 aliphatic carbocycles. The number of carbonyl (C=O) groups excluding carboxylic acids is 2. The van der Waals surface area contributed by atoms with Crippen LogP contribution in [0.5, 0.6) is 5.75 Å². The summed E-state index contributed by atoms with van der Waals surface area (Å²) in [7, 11) is 1.61. The molecule has 0 atom stereocenters. The Morgan fingerprint density at radius 3 is 2.56 bits per heavy atom. The van der Waals surface area contributed by atoms with Crippen molar-refractivity contribution in [2.45, 2.75) is 19.0 Å². The Bertz CT molecular complexity index is 1050. The van der Waals surface area contributed by atoms with E-state index in [0.29, 0.717) is 26.1 Å². The highest BCUT2D eigenvalue weighted by Crippen LogP contribution is 2.21. The smallest absolute Gasteiger partial charge is 0.322 e. The monoisotopic (exact) mass is 430 g/mol. The van der Waals surface area contributed by atoms with E-state index in [1.54, 1.807) is 23.1 Å². The largest absolute Gasteiger partial charge is 0.497 e. The number of carbonyl (C=O) groups is 2. The quantitative estimate of drug-likeness (QED) is 0.622. The van der Waals surface area contributed by atoms with Crippen LogP contribution >= 0.6 is 0 Å². The number of anilines is 1. The molecule has 1 aliphatic rings. The van der Waals surface area contributed by atoms with Crippen molar-refractivity contribution in [3.8, 4) is 5.75 Å². The number of nitrogens with one attached hydrogen (secondary N) is 1. The molecule has 0 radical (unpaired) electrons. The summed E-state index contributed by atoms with van der Waals surface area (Å²) in [6.07, 6.45) is 2.02. The second kappa shape index (κ2) is 9.96. The summed E-state index contributed by atoms with van der Waals surface area (Å²) in [5.41, 5.74) is 2.44. The molecule has 3 amide bonds. The summed E-state index contributed by atoms with van der Waals surface area (Å²) in [5.74, 6) is 0.770. The molecule has 2 aromatic carbocycles. The summed E-state index contributed by atoms with van der Waals surface area (Å²) in [4.78, 5) is 33.7. The number of hydrogen-bond acceptors (Lipinski definition) is 4. The molecule has 164 valence electrons. The molecule has 3 aromatic rings. The maximum Gasteiger partial charge on any atom is 0.322 e. The van der Waals surface area contributed by atoms with Gasteiger partial charge < -0.3 is 19.9 Å². The number of urea groups is 1. The maximum absolute atomic E-state index is 13.1. The average molecular weight is 431 g/mol. The molecule has 0 unspecified atom stereocenters. The molecular weight excluding hydrogens is 404 g/mol. The molecule has 0 bridgehead atoms. The van der Waals surface area contributed by atoms with Gasteiger partial charge in [-0.05, 0) is 42.0 Å². The summed E-state index contributed by atoms with van der Waals surface area (Å²) in [5, 5.41) is 2.95. The number of ether oxygens (including phenoxy) is 1. The van der Waals surface area contributed by atoms with Crippen LogP contribution in [0.4, 0.5) is 10.5 Å². The van der Waals surface area contributed by atoms with Gasteiger partial charge in [0.05, 0.1) is 31.8 Å². The highest BCUT2D eigenvalue weighted by molar-refractivity contribution is 5.90. The number of hydrogen-bond donors (Lipinski definition) is 1. The van der Waals surface area contributed by atoms with Crippen molar-refractivity contribution < 1.29 is 14.3 Å². The predicted molar refractivity (Wildman–Crippen MR) is 122 cm³/mol. The van der Waals surface area contributed by atoms with E-state index in [1.165, 1.54) is 0 Å². The molecule has 32 heavy (non-hydrogen) atoms. The molecular formula is C25H26N4O3. The van der Waals surface area contributed by atoms with Crippen LogP contribution in [0, 0.1) is 0 Å². The third kappa shape index (κ3) is 5.24. The molecule has 1 aliphatic heterocycles. The molecule has 4 rings (SSSR count). The topological polar surface area (TPSA) is 74.8 Å². The average Bonchev–Trinajstić information content (AvgIpc) is 2.79. The van der Waals surface area contributed by atoms with E-state index in [4.69, 9.17) is 4.74 Å². The lowest BCUT2D eigenvalue weighted by Gasteiger charge is -2.45. The second-order valence-electron chi connectivity index (χ2n) is 7.73. The fourth-order valence-corrected chi connectivity index (χ4v) is 3.67. The van der Waals surface area contributed by atoms with E-state index in [2.05, 4.69) is 10.3 Å². The third-order valence-electron chi connectivity index (χ3n) is 5.49. The Kier molecular flexibility index (Phi) is 6.65. The van der Waals surface area contributed by atoms with Crippen LogP contribution in [-0.4, -0.2) is 53.0 Å². The SMILES string of the molecule is COc1cccc(CC(=O)N2CC(N(Cc3ccccn3)C(=O)Nc3ccccc3)C2)c1. The first-order valence-electron chi connectivity index (χ1n) is 10.6. The lowest BCUT2D eigenvalue weighted by molar-refractivity contribution is -0.137. The van der Waals surface area contributed by atoms with Crippen LogP contribution in [0.1, 0.15) is 11.3 Å². The number of nitrogens with zero attached hydrogens (tertiary/aromatic N) is 3. The van der Waals surface area contributed by atoms with E-state index >= 15 is 0 Å². The minimum Gasteiger partial charge on any atom is -0.497 e. The van der Waals surface area contributed by atoms with E-state index in [-0.39, 0.29) is 18.0 Å². The highest BCUT2D eigenvalue weighted by Gasteiger charge is 2.37. The molecule has 1 aromatic heterocycles. The first kappa shape index (κ1) is 21.4. The van der Waals surface area contributed by atoms with E-state index in [0.717, 1.165) is 22.7 Å². The maximum atomic E-state index is 13.1. The van der Waals surface area contributed by atoms with Crippen molar-refractivity contribution in [3.63, 3.8) is 0 Å². The van der Waals surface area contributed by atoms with Crippen LogP contribution in [0.25, 0.3) is 0 Å². The van der Waals surface area contributed by atoms with Gasteiger partial charge in [-0.3, -0.25) is 9.78 Å². The zero-order chi connectivity index (χ0) is 22.3. The van der Waals surface area contributed by atoms with E-state index < -0.39 is 0 Å². The second-order valence-corrected chi connectivity index (χ2v) is 7.73. The Balaban J connectivity index is 1.40. The molecule has 7 nitrogen and oxygen atoms in total. The van der Waals surface area contributed by atoms with Crippen molar-refractivity contribution in [2.75, 3.05) is 25.5 Å². The molecule has 7 heteroatoms. The number of aromatic nitrogens is 1. The van der Waals surface area contributed by atoms with Gasteiger partial charge in [0.1, 0.15) is 5.75 Å². The minimum absolute atomic E-state index is 0.0377. The number of likely N-dealkylation sites (tertiary alicyclic amines) is 1. The van der Waals surface area contributed by atoms with Gasteiger partial charge in [0.15, 0.2) is 0 Å². The van der Waals surface area contributed by atoms with E-state index in [1.807, 2.05) is 72.8 Å². The summed E-state index contributed by atoms with van der Waals surface area (Å²) in [6.45, 7) is 1.37. The number of para-hydroxylation sites is 1. The van der Waals surface area contributed by atoms with Gasteiger partial charge in [-0.2, -0.15) is 0 Å². The number of rotatable bonds is 7. The molecule has 0 saturated carbocycles. The fourth-order valence-electron chi connectivity index (χ4n) is 3.67. The van der Waals surface area contributed by atoms with Crippen LogP contribution in [-0.2, 0) is 17.8 Å². The first-order valence-corrected chi connectivity index (χ1v) is 10.6. The van der Waals surface area contributed by atoms with Crippen LogP contribution in [0.15, 0.2) is 79.0 Å². The van der Waals surface area contributed by atoms with Crippen molar-refractivity contribution >= 4 is 17.6 Å². The Morgan fingerprint density at radius 1 is 1.06 bits per heavy atom. The fraction of sp³-hybridized carbons (Fsp3) is 0.240. The number of benzene rings is 2. The van der Waals surface area contributed by atoms with Gasteiger partial charge >= 0.3 is 6.03 Å². The number of pyridine rings is 1. The Hall–Kier alpha value is -3.87. The summed E-state index contributed by atoms with van der Waals surface area (Å²) in [6, 6.07) is 22.2. The van der Waals surface area contributed by atoms with Crippen LogP contribution in [0.3, 0.4) is 0 Å². The Labute approximate surface area is 187 Å². The Morgan fingerprint density at radius 2 is 1.84 bits per heavy atom. The molecule has 2 heterocycles. The van der Waals surface area contributed by atoms with Gasteiger partial charge in [0, 0.05) is 25.0 Å². The van der Waals surface area contributed by atoms with Gasteiger partial charge in [-0.1, -0.05) is 36.4 Å². The van der Waals surface area contributed by atoms with Crippen molar-refractivity contribution in [3.05, 3.63) is 90.3 Å². The van der Waals surface area contributed by atoms with Crippen molar-refractivity contribution in [1.29, 1.82) is 0 Å². The van der Waals surface area contributed by atoms with Crippen LogP contribution < -0.4 is 10.1 Å². The molecule has 1 saturated heterocycles. The lowest BCUT2D eigenvalue weighted by atomic mass is 10.0. The minimum atomic E-state index is -0.202. The molecule has 1 N–H and O–H groups in total. The van der Waals surface area contributed by atoms with Crippen molar-refractivity contribution in [1.82, 2.24) is 14.8 Å². The van der Waals surface area contributed by atoms with Crippen LogP contribution in [0.2, 0.25) is 0 Å². The van der Waals surface area contributed by atoms with Gasteiger partial charge in [0.2, 0.25) is 5.91 Å². The van der Waals surface area contributed by atoms with Gasteiger partial charge in [0.25, 0.3) is 0 Å². The first-order chi connectivity index (χ1) is 15.6. The normalized spacial score (nSPS) is 13.2. The van der Waals surface area contributed by atoms with E-state index in [9.17, 15) is 9.59 Å². The molecule has 1 fully saturated rings. The third-order valence-corrected chi connectivity index (χ3v) is 5.49. The van der Waals surface area contributed by atoms with Crippen molar-refractivity contribution in [2.24, 2.45) is 0 Å². The lowest BCUT2D eigenvalue weighted by Crippen LogP contribution is -2.62. The van der Waals surface area contributed by atoms with Gasteiger partial charge in [-0.15, -0.1) is 0 Å². The zero-order valence-corrected chi connectivity index (χ0v) is 18.0. The predicted octanol–water partition coefficient (Wildman–Crippen LogP) is 3.58. The molecule has 0 spiro atoms. The number of methoxy groups -OCH3 is 1. The summed E-state index contributed by atoms with van der Waals surface area (Å²) >= 11 is 0. The summed E-state index contributed by atoms with van der Waals surface area (Å²) < 4.78 is 5.24. The highest BCUT2D eigenvalue weighted by atomic mass is 16.5. The van der Waals surface area contributed by atoms with Gasteiger partial charge in [-0.25, -0.2) is 4.79 Å². The zero-order valence-electron chi connectivity index (χ0n) is 18.0. The standard InChI is InChI=1S/C25H26N4O3/c1-32-23-12-7-8-19(14-23)15-24(30)28-17-22(18-28)29(16-21-11-5-6-13-26-21)25(31)27-20-9-3-2-4-10-20/h2-14,22H,15-18H2,1H3,(H,27,31). The number of amides is 3.